The molecule has 0 unspecified atom stereocenters. The van der Waals surface area contributed by atoms with Crippen molar-refractivity contribution in [2.75, 3.05) is 26.2 Å². The first-order valence-corrected chi connectivity index (χ1v) is 11.1. The summed E-state index contributed by atoms with van der Waals surface area (Å²) in [6, 6.07) is 10.4. The van der Waals surface area contributed by atoms with E-state index in [1.165, 1.54) is 17.3 Å². The Hall–Kier alpha value is -3.39. The Kier molecular flexibility index (Phi) is 5.53. The van der Waals surface area contributed by atoms with Crippen LogP contribution in [0.4, 0.5) is 0 Å². The lowest BCUT2D eigenvalue weighted by Crippen LogP contribution is -2.48. The molecular weight excluding hydrogens is 402 g/mol. The standard InChI is InChI=1S/C24H27N7O/c1-17-21(18(2)31-24(28-17)26-16-27-31)8-9-22(32)30-13-11-29(12-14-30)15-20-6-3-5-19-7-4-10-25-23(19)20/h3-7,10,16H,8-9,11-15H2,1-2H3. The van der Waals surface area contributed by atoms with Gasteiger partial charge in [0.2, 0.25) is 5.91 Å². The number of piperazine rings is 1. The topological polar surface area (TPSA) is 79.5 Å². The Morgan fingerprint density at radius 3 is 2.69 bits per heavy atom. The molecule has 1 aromatic carbocycles. The smallest absolute Gasteiger partial charge is 0.252 e. The molecule has 32 heavy (non-hydrogen) atoms. The summed E-state index contributed by atoms with van der Waals surface area (Å²) in [5, 5.41) is 5.41. The number of aryl methyl sites for hydroxylation is 2. The van der Waals surface area contributed by atoms with E-state index < -0.39 is 0 Å². The van der Waals surface area contributed by atoms with Crippen LogP contribution in [0, 0.1) is 13.8 Å². The molecule has 1 saturated heterocycles. The molecule has 1 amide bonds. The number of pyridine rings is 1. The van der Waals surface area contributed by atoms with Crippen molar-refractivity contribution < 1.29 is 4.79 Å². The highest BCUT2D eigenvalue weighted by Gasteiger charge is 2.22. The monoisotopic (exact) mass is 429 g/mol. The maximum atomic E-state index is 12.9. The van der Waals surface area contributed by atoms with Gasteiger partial charge in [-0.25, -0.2) is 9.50 Å². The molecule has 8 heteroatoms. The van der Waals surface area contributed by atoms with Gasteiger partial charge >= 0.3 is 0 Å². The SMILES string of the molecule is Cc1nc2ncnn2c(C)c1CCC(=O)N1CCN(Cc2cccc3cccnc23)CC1. The van der Waals surface area contributed by atoms with Crippen molar-refractivity contribution in [2.45, 2.75) is 33.2 Å². The van der Waals surface area contributed by atoms with E-state index >= 15 is 0 Å². The van der Waals surface area contributed by atoms with Crippen molar-refractivity contribution in [3.63, 3.8) is 0 Å². The van der Waals surface area contributed by atoms with Crippen LogP contribution in [0.5, 0.6) is 0 Å². The van der Waals surface area contributed by atoms with E-state index in [4.69, 9.17) is 0 Å². The minimum Gasteiger partial charge on any atom is -0.340 e. The Morgan fingerprint density at radius 1 is 1.03 bits per heavy atom. The number of hydrogen-bond donors (Lipinski definition) is 0. The maximum absolute atomic E-state index is 12.9. The van der Waals surface area contributed by atoms with Crippen molar-refractivity contribution in [3.8, 4) is 0 Å². The van der Waals surface area contributed by atoms with E-state index in [0.29, 0.717) is 18.6 Å². The van der Waals surface area contributed by atoms with Crippen molar-refractivity contribution in [1.29, 1.82) is 0 Å². The minimum absolute atomic E-state index is 0.203. The number of nitrogens with zero attached hydrogens (tertiary/aromatic N) is 7. The highest BCUT2D eigenvalue weighted by atomic mass is 16.2. The summed E-state index contributed by atoms with van der Waals surface area (Å²) in [5.41, 5.74) is 5.32. The van der Waals surface area contributed by atoms with Crippen LogP contribution in [0.2, 0.25) is 0 Å². The van der Waals surface area contributed by atoms with Crippen molar-refractivity contribution in [3.05, 3.63) is 65.4 Å². The molecule has 164 valence electrons. The van der Waals surface area contributed by atoms with Gasteiger partial charge < -0.3 is 4.90 Å². The first kappa shape index (κ1) is 20.5. The van der Waals surface area contributed by atoms with Gasteiger partial charge in [0.25, 0.3) is 5.78 Å². The van der Waals surface area contributed by atoms with Crippen LogP contribution in [0.1, 0.15) is 28.9 Å². The first-order chi connectivity index (χ1) is 15.6. The van der Waals surface area contributed by atoms with E-state index in [-0.39, 0.29) is 5.91 Å². The lowest BCUT2D eigenvalue weighted by molar-refractivity contribution is -0.133. The largest absolute Gasteiger partial charge is 0.340 e. The number of carbonyl (C=O) groups excluding carboxylic acids is 1. The van der Waals surface area contributed by atoms with Gasteiger partial charge in [-0.15, -0.1) is 0 Å². The molecule has 4 heterocycles. The lowest BCUT2D eigenvalue weighted by Gasteiger charge is -2.35. The van der Waals surface area contributed by atoms with Crippen LogP contribution >= 0.6 is 0 Å². The molecule has 0 atom stereocenters. The van der Waals surface area contributed by atoms with E-state index in [2.05, 4.69) is 49.2 Å². The third kappa shape index (κ3) is 3.93. The highest BCUT2D eigenvalue weighted by Crippen LogP contribution is 2.19. The normalized spacial score (nSPS) is 15.0. The fraction of sp³-hybridized carbons (Fsp3) is 0.375. The zero-order chi connectivity index (χ0) is 22.1. The van der Waals surface area contributed by atoms with Crippen molar-refractivity contribution >= 4 is 22.6 Å². The average Bonchev–Trinajstić information content (AvgIpc) is 3.28. The number of para-hydroxylation sites is 1. The highest BCUT2D eigenvalue weighted by molar-refractivity contribution is 5.81. The number of amides is 1. The quantitative estimate of drug-likeness (QED) is 0.485. The van der Waals surface area contributed by atoms with Gasteiger partial charge in [0, 0.05) is 62.1 Å². The van der Waals surface area contributed by atoms with Crippen LogP contribution in [-0.4, -0.2) is 66.5 Å². The van der Waals surface area contributed by atoms with Crippen LogP contribution in [0.25, 0.3) is 16.7 Å². The number of rotatable bonds is 5. The summed E-state index contributed by atoms with van der Waals surface area (Å²) in [6.07, 6.45) is 4.51. The Labute approximate surface area is 186 Å². The predicted molar refractivity (Wildman–Crippen MR) is 122 cm³/mol. The molecule has 3 aromatic heterocycles. The van der Waals surface area contributed by atoms with Crippen molar-refractivity contribution in [1.82, 2.24) is 34.4 Å². The van der Waals surface area contributed by atoms with E-state index in [0.717, 1.165) is 55.2 Å². The van der Waals surface area contributed by atoms with Gasteiger partial charge in [0.1, 0.15) is 6.33 Å². The second kappa shape index (κ2) is 8.63. The molecule has 8 nitrogen and oxygen atoms in total. The second-order valence-corrected chi connectivity index (χ2v) is 8.38. The second-order valence-electron chi connectivity index (χ2n) is 8.38. The molecule has 4 aromatic rings. The van der Waals surface area contributed by atoms with Crippen LogP contribution in [-0.2, 0) is 17.8 Å². The molecule has 0 spiro atoms. The van der Waals surface area contributed by atoms with Crippen molar-refractivity contribution in [2.24, 2.45) is 0 Å². The van der Waals surface area contributed by atoms with Crippen LogP contribution in [0.15, 0.2) is 42.9 Å². The summed E-state index contributed by atoms with van der Waals surface area (Å²) in [5.74, 6) is 0.807. The third-order valence-electron chi connectivity index (χ3n) is 6.41. The Morgan fingerprint density at radius 2 is 1.84 bits per heavy atom. The molecule has 1 fully saturated rings. The predicted octanol–water partition coefficient (Wildman–Crippen LogP) is 2.57. The zero-order valence-corrected chi connectivity index (χ0v) is 18.5. The van der Waals surface area contributed by atoms with Crippen LogP contribution < -0.4 is 0 Å². The summed E-state index contributed by atoms with van der Waals surface area (Å²) in [7, 11) is 0. The number of fused-ring (bicyclic) bond motifs is 2. The van der Waals surface area contributed by atoms with Gasteiger partial charge in [0.05, 0.1) is 5.52 Å². The van der Waals surface area contributed by atoms with Gasteiger partial charge in [-0.05, 0) is 37.5 Å². The van der Waals surface area contributed by atoms with Gasteiger partial charge in [-0.1, -0.05) is 24.3 Å². The summed E-state index contributed by atoms with van der Waals surface area (Å²) in [6.45, 7) is 8.11. The zero-order valence-electron chi connectivity index (χ0n) is 18.5. The fourth-order valence-electron chi connectivity index (χ4n) is 4.60. The number of hydrogen-bond acceptors (Lipinski definition) is 6. The Bertz CT molecular complexity index is 1270. The molecule has 1 aliphatic rings. The molecule has 1 aliphatic heterocycles. The lowest BCUT2D eigenvalue weighted by atomic mass is 10.1. The summed E-state index contributed by atoms with van der Waals surface area (Å²) < 4.78 is 1.74. The fourth-order valence-corrected chi connectivity index (χ4v) is 4.60. The van der Waals surface area contributed by atoms with Crippen LogP contribution in [0.3, 0.4) is 0 Å². The Balaban J connectivity index is 1.18. The van der Waals surface area contributed by atoms with Gasteiger partial charge in [0.15, 0.2) is 0 Å². The minimum atomic E-state index is 0.203. The summed E-state index contributed by atoms with van der Waals surface area (Å²) >= 11 is 0. The number of aromatic nitrogens is 5. The molecule has 0 aliphatic carbocycles. The molecule has 0 N–H and O–H groups in total. The van der Waals surface area contributed by atoms with E-state index in [9.17, 15) is 4.79 Å². The first-order valence-electron chi connectivity index (χ1n) is 11.1. The van der Waals surface area contributed by atoms with Gasteiger partial charge in [-0.2, -0.15) is 10.1 Å². The van der Waals surface area contributed by atoms with E-state index in [1.807, 2.05) is 31.0 Å². The maximum Gasteiger partial charge on any atom is 0.252 e. The van der Waals surface area contributed by atoms with E-state index in [1.54, 1.807) is 4.52 Å². The molecular formula is C24H27N7O. The molecule has 5 rings (SSSR count). The molecule has 0 saturated carbocycles. The van der Waals surface area contributed by atoms with Gasteiger partial charge in [-0.3, -0.25) is 14.7 Å². The average molecular weight is 430 g/mol. The molecule has 0 bridgehead atoms. The number of carbonyl (C=O) groups is 1. The molecule has 0 radical (unpaired) electrons. The third-order valence-corrected chi connectivity index (χ3v) is 6.41. The number of benzene rings is 1. The summed E-state index contributed by atoms with van der Waals surface area (Å²) in [4.78, 5) is 30.5.